The van der Waals surface area contributed by atoms with Crippen molar-refractivity contribution in [2.24, 2.45) is 5.92 Å². The summed E-state index contributed by atoms with van der Waals surface area (Å²) in [5, 5.41) is 5.16. The minimum absolute atomic E-state index is 0.0997. The SMILES string of the molecule is O=C(Nc1nc(-c2ccccn2)cs1)C1CC(=O)N(c2ccc3c(c2)OCO3)C1. The number of benzene rings is 1. The van der Waals surface area contributed by atoms with Gasteiger partial charge in [0.2, 0.25) is 18.6 Å². The number of nitrogens with zero attached hydrogens (tertiary/aromatic N) is 3. The minimum Gasteiger partial charge on any atom is -0.454 e. The fourth-order valence-electron chi connectivity index (χ4n) is 3.36. The second-order valence-electron chi connectivity index (χ2n) is 6.69. The average molecular weight is 408 g/mol. The first-order valence-corrected chi connectivity index (χ1v) is 9.93. The molecule has 9 heteroatoms. The highest BCUT2D eigenvalue weighted by Crippen LogP contribution is 2.37. The zero-order valence-corrected chi connectivity index (χ0v) is 16.0. The second-order valence-corrected chi connectivity index (χ2v) is 7.54. The van der Waals surface area contributed by atoms with E-state index in [9.17, 15) is 9.59 Å². The van der Waals surface area contributed by atoms with Gasteiger partial charge in [0.1, 0.15) is 5.69 Å². The van der Waals surface area contributed by atoms with Gasteiger partial charge in [-0.2, -0.15) is 0 Å². The van der Waals surface area contributed by atoms with Gasteiger partial charge in [-0.25, -0.2) is 4.98 Å². The molecule has 1 N–H and O–H groups in total. The van der Waals surface area contributed by atoms with Crippen LogP contribution in [0.15, 0.2) is 48.0 Å². The Balaban J connectivity index is 1.27. The third-order valence-electron chi connectivity index (χ3n) is 4.83. The number of pyridine rings is 1. The zero-order chi connectivity index (χ0) is 19.8. The van der Waals surface area contributed by atoms with Crippen LogP contribution in [0, 0.1) is 5.92 Å². The van der Waals surface area contributed by atoms with Crippen molar-refractivity contribution in [3.05, 3.63) is 48.0 Å². The number of thiazole rings is 1. The van der Waals surface area contributed by atoms with E-state index in [-0.39, 0.29) is 25.0 Å². The first-order chi connectivity index (χ1) is 14.2. The van der Waals surface area contributed by atoms with Gasteiger partial charge in [0.25, 0.3) is 0 Å². The molecule has 146 valence electrons. The maximum Gasteiger partial charge on any atom is 0.231 e. The van der Waals surface area contributed by atoms with Crippen LogP contribution in [0.1, 0.15) is 6.42 Å². The number of aromatic nitrogens is 2. The van der Waals surface area contributed by atoms with Crippen LogP contribution in [-0.2, 0) is 9.59 Å². The summed E-state index contributed by atoms with van der Waals surface area (Å²) in [6, 6.07) is 10.9. The number of anilines is 2. The first-order valence-electron chi connectivity index (χ1n) is 9.05. The van der Waals surface area contributed by atoms with Crippen LogP contribution in [0.3, 0.4) is 0 Å². The quantitative estimate of drug-likeness (QED) is 0.713. The molecule has 0 aliphatic carbocycles. The van der Waals surface area contributed by atoms with E-state index in [1.165, 1.54) is 11.3 Å². The van der Waals surface area contributed by atoms with E-state index >= 15 is 0 Å². The van der Waals surface area contributed by atoms with E-state index in [0.29, 0.717) is 34.6 Å². The maximum atomic E-state index is 12.7. The molecule has 2 aliphatic heterocycles. The van der Waals surface area contributed by atoms with Gasteiger partial charge >= 0.3 is 0 Å². The molecule has 0 radical (unpaired) electrons. The monoisotopic (exact) mass is 408 g/mol. The summed E-state index contributed by atoms with van der Waals surface area (Å²) in [6.45, 7) is 0.481. The number of carbonyl (C=O) groups excluding carboxylic acids is 2. The molecule has 8 nitrogen and oxygen atoms in total. The molecule has 4 heterocycles. The second kappa shape index (κ2) is 7.17. The van der Waals surface area contributed by atoms with Crippen molar-refractivity contribution in [3.63, 3.8) is 0 Å². The predicted molar refractivity (Wildman–Crippen MR) is 107 cm³/mol. The molecule has 5 rings (SSSR count). The number of hydrogen-bond donors (Lipinski definition) is 1. The van der Waals surface area contributed by atoms with E-state index in [4.69, 9.17) is 9.47 Å². The molecule has 1 saturated heterocycles. The lowest BCUT2D eigenvalue weighted by Gasteiger charge is -2.17. The van der Waals surface area contributed by atoms with E-state index in [2.05, 4.69) is 15.3 Å². The van der Waals surface area contributed by atoms with Crippen LogP contribution >= 0.6 is 11.3 Å². The van der Waals surface area contributed by atoms with Crippen LogP contribution in [0.2, 0.25) is 0 Å². The van der Waals surface area contributed by atoms with Crippen LogP contribution in [0.25, 0.3) is 11.4 Å². The number of ether oxygens (including phenoxy) is 2. The lowest BCUT2D eigenvalue weighted by molar-refractivity contribution is -0.122. The van der Waals surface area contributed by atoms with Gasteiger partial charge in [-0.15, -0.1) is 11.3 Å². The molecular formula is C20H16N4O4S. The molecule has 2 aromatic heterocycles. The smallest absolute Gasteiger partial charge is 0.231 e. The number of nitrogens with one attached hydrogen (secondary N) is 1. The fraction of sp³-hybridized carbons (Fsp3) is 0.200. The summed E-state index contributed by atoms with van der Waals surface area (Å²) >= 11 is 1.33. The van der Waals surface area contributed by atoms with Crippen molar-refractivity contribution in [2.45, 2.75) is 6.42 Å². The summed E-state index contributed by atoms with van der Waals surface area (Å²) in [4.78, 5) is 35.5. The maximum absolute atomic E-state index is 12.7. The highest BCUT2D eigenvalue weighted by molar-refractivity contribution is 7.14. The Morgan fingerprint density at radius 1 is 1.17 bits per heavy atom. The third kappa shape index (κ3) is 3.40. The Morgan fingerprint density at radius 2 is 2.07 bits per heavy atom. The summed E-state index contributed by atoms with van der Waals surface area (Å²) in [6.07, 6.45) is 1.85. The van der Waals surface area contributed by atoms with Crippen LogP contribution in [0.5, 0.6) is 11.5 Å². The molecule has 1 aromatic carbocycles. The topological polar surface area (TPSA) is 93.7 Å². The van der Waals surface area contributed by atoms with E-state index < -0.39 is 5.92 Å². The molecule has 2 amide bonds. The van der Waals surface area contributed by atoms with Crippen molar-refractivity contribution in [2.75, 3.05) is 23.6 Å². The molecule has 2 aliphatic rings. The van der Waals surface area contributed by atoms with Gasteiger partial charge in [0, 0.05) is 36.3 Å². The number of rotatable bonds is 4. The highest BCUT2D eigenvalue weighted by Gasteiger charge is 2.36. The van der Waals surface area contributed by atoms with Gasteiger partial charge in [0.15, 0.2) is 16.6 Å². The molecule has 3 aromatic rings. The highest BCUT2D eigenvalue weighted by atomic mass is 32.1. The lowest BCUT2D eigenvalue weighted by Crippen LogP contribution is -2.28. The van der Waals surface area contributed by atoms with Gasteiger partial charge in [-0.1, -0.05) is 6.07 Å². The molecule has 0 spiro atoms. The molecule has 0 bridgehead atoms. The molecular weight excluding hydrogens is 392 g/mol. The van der Waals surface area contributed by atoms with Crippen molar-refractivity contribution >= 4 is 34.0 Å². The Labute approximate surface area is 170 Å². The molecule has 1 unspecified atom stereocenters. The van der Waals surface area contributed by atoms with Crippen LogP contribution in [0.4, 0.5) is 10.8 Å². The molecule has 1 atom stereocenters. The fourth-order valence-corrected chi connectivity index (χ4v) is 4.06. The average Bonchev–Trinajstić information content (AvgIpc) is 3.47. The van der Waals surface area contributed by atoms with Crippen LogP contribution in [-0.4, -0.2) is 35.1 Å². The largest absolute Gasteiger partial charge is 0.454 e. The number of carbonyl (C=O) groups is 2. The van der Waals surface area contributed by atoms with Gasteiger partial charge in [0.05, 0.1) is 11.6 Å². The number of amides is 2. The van der Waals surface area contributed by atoms with Gasteiger partial charge < -0.3 is 19.7 Å². The Kier molecular flexibility index (Phi) is 4.36. The summed E-state index contributed by atoms with van der Waals surface area (Å²) in [5.74, 6) is 0.492. The minimum atomic E-state index is -0.449. The first kappa shape index (κ1) is 17.6. The predicted octanol–water partition coefficient (Wildman–Crippen LogP) is 2.93. The van der Waals surface area contributed by atoms with Crippen molar-refractivity contribution in [3.8, 4) is 22.9 Å². The Morgan fingerprint density at radius 3 is 2.93 bits per heavy atom. The summed E-state index contributed by atoms with van der Waals surface area (Å²) < 4.78 is 10.7. The molecule has 1 fully saturated rings. The van der Waals surface area contributed by atoms with E-state index in [1.54, 1.807) is 29.3 Å². The Bertz CT molecular complexity index is 1090. The van der Waals surface area contributed by atoms with Crippen molar-refractivity contribution in [1.82, 2.24) is 9.97 Å². The lowest BCUT2D eigenvalue weighted by atomic mass is 10.1. The zero-order valence-electron chi connectivity index (χ0n) is 15.2. The van der Waals surface area contributed by atoms with E-state index in [1.807, 2.05) is 23.6 Å². The summed E-state index contributed by atoms with van der Waals surface area (Å²) in [7, 11) is 0. The summed E-state index contributed by atoms with van der Waals surface area (Å²) in [5.41, 5.74) is 2.14. The molecule has 29 heavy (non-hydrogen) atoms. The van der Waals surface area contributed by atoms with Crippen molar-refractivity contribution < 1.29 is 19.1 Å². The van der Waals surface area contributed by atoms with Gasteiger partial charge in [-0.3, -0.25) is 14.6 Å². The standard InChI is InChI=1S/C20H16N4O4S/c25-18-7-12(9-24(18)13-4-5-16-17(8-13)28-11-27-16)19(26)23-20-22-15(10-29-20)14-3-1-2-6-21-14/h1-6,8,10,12H,7,9,11H2,(H,22,23,26). The normalized spacial score (nSPS) is 17.6. The molecule has 0 saturated carbocycles. The van der Waals surface area contributed by atoms with Crippen molar-refractivity contribution in [1.29, 1.82) is 0 Å². The third-order valence-corrected chi connectivity index (χ3v) is 5.58. The van der Waals surface area contributed by atoms with E-state index in [0.717, 1.165) is 5.69 Å². The Hall–Kier alpha value is -3.46. The van der Waals surface area contributed by atoms with Gasteiger partial charge in [-0.05, 0) is 24.3 Å². The van der Waals surface area contributed by atoms with Crippen LogP contribution < -0.4 is 19.7 Å². The number of hydrogen-bond acceptors (Lipinski definition) is 7. The number of fused-ring (bicyclic) bond motifs is 1.